The van der Waals surface area contributed by atoms with E-state index in [9.17, 15) is 4.79 Å². The monoisotopic (exact) mass is 225 g/mol. The van der Waals surface area contributed by atoms with E-state index in [2.05, 4.69) is 10.6 Å². The van der Waals surface area contributed by atoms with Crippen molar-refractivity contribution in [3.05, 3.63) is 0 Å². The summed E-state index contributed by atoms with van der Waals surface area (Å²) in [5, 5.41) is 6.47. The van der Waals surface area contributed by atoms with Crippen molar-refractivity contribution in [2.45, 2.75) is 44.6 Å². The smallest absolute Gasteiger partial charge is 0.317 e. The fraction of sp³-hybridized carbons (Fsp3) is 0.917. The summed E-state index contributed by atoms with van der Waals surface area (Å²) in [6.45, 7) is 3.83. The third-order valence-electron chi connectivity index (χ3n) is 3.57. The van der Waals surface area contributed by atoms with Crippen LogP contribution in [0.15, 0.2) is 0 Å². The van der Waals surface area contributed by atoms with Gasteiger partial charge in [0.2, 0.25) is 0 Å². The summed E-state index contributed by atoms with van der Waals surface area (Å²) in [4.78, 5) is 13.7. The van der Waals surface area contributed by atoms with Crippen molar-refractivity contribution in [1.82, 2.24) is 15.5 Å². The van der Waals surface area contributed by atoms with Crippen LogP contribution in [-0.4, -0.2) is 43.2 Å². The summed E-state index contributed by atoms with van der Waals surface area (Å²) in [6, 6.07) is 0.763. The van der Waals surface area contributed by atoms with E-state index in [1.165, 1.54) is 19.3 Å². The van der Waals surface area contributed by atoms with Gasteiger partial charge in [-0.15, -0.1) is 0 Å². The summed E-state index contributed by atoms with van der Waals surface area (Å²) < 4.78 is 0. The molecule has 2 aliphatic rings. The first-order chi connectivity index (χ1) is 7.86. The molecule has 0 aromatic rings. The van der Waals surface area contributed by atoms with E-state index in [1.54, 1.807) is 0 Å². The van der Waals surface area contributed by atoms with Crippen molar-refractivity contribution in [2.75, 3.05) is 26.2 Å². The highest BCUT2D eigenvalue weighted by atomic mass is 16.2. The minimum Gasteiger partial charge on any atom is -0.338 e. The molecule has 2 aliphatic heterocycles. The molecule has 2 saturated heterocycles. The quantitative estimate of drug-likeness (QED) is 0.761. The highest BCUT2D eigenvalue weighted by molar-refractivity contribution is 5.74. The van der Waals surface area contributed by atoms with Crippen LogP contribution in [0.2, 0.25) is 0 Å². The van der Waals surface area contributed by atoms with Crippen LogP contribution in [-0.2, 0) is 0 Å². The van der Waals surface area contributed by atoms with E-state index in [4.69, 9.17) is 0 Å². The minimum atomic E-state index is 0.137. The standard InChI is InChI=1S/C12H23N3O/c16-12(15-9-2-1-3-10-15)14-8-6-11-5-4-7-13-11/h11,13H,1-10H2,(H,14,16)/t11-/m1/s1. The van der Waals surface area contributed by atoms with Crippen molar-refractivity contribution < 1.29 is 4.79 Å². The summed E-state index contributed by atoms with van der Waals surface area (Å²) in [7, 11) is 0. The number of carbonyl (C=O) groups is 1. The van der Waals surface area contributed by atoms with Crippen molar-refractivity contribution in [2.24, 2.45) is 0 Å². The van der Waals surface area contributed by atoms with Gasteiger partial charge in [0.1, 0.15) is 0 Å². The van der Waals surface area contributed by atoms with Crippen LogP contribution in [0.5, 0.6) is 0 Å². The second-order valence-corrected chi connectivity index (χ2v) is 4.86. The van der Waals surface area contributed by atoms with Gasteiger partial charge in [-0.05, 0) is 45.1 Å². The third kappa shape index (κ3) is 3.37. The van der Waals surface area contributed by atoms with E-state index in [0.29, 0.717) is 6.04 Å². The molecule has 0 radical (unpaired) electrons. The summed E-state index contributed by atoms with van der Waals surface area (Å²) in [5.41, 5.74) is 0. The number of urea groups is 1. The molecule has 92 valence electrons. The lowest BCUT2D eigenvalue weighted by Crippen LogP contribution is -2.43. The van der Waals surface area contributed by atoms with Crippen LogP contribution < -0.4 is 10.6 Å². The molecule has 0 aliphatic carbocycles. The normalized spacial score (nSPS) is 25.8. The Morgan fingerprint density at radius 1 is 1.25 bits per heavy atom. The van der Waals surface area contributed by atoms with Crippen LogP contribution in [0.1, 0.15) is 38.5 Å². The highest BCUT2D eigenvalue weighted by Crippen LogP contribution is 2.09. The molecule has 2 heterocycles. The fourth-order valence-corrected chi connectivity index (χ4v) is 2.57. The molecule has 0 saturated carbocycles. The highest BCUT2D eigenvalue weighted by Gasteiger charge is 2.17. The van der Waals surface area contributed by atoms with Crippen LogP contribution in [0.25, 0.3) is 0 Å². The maximum absolute atomic E-state index is 11.8. The molecule has 0 aromatic heterocycles. The van der Waals surface area contributed by atoms with Gasteiger partial charge >= 0.3 is 6.03 Å². The van der Waals surface area contributed by atoms with Gasteiger partial charge in [0, 0.05) is 25.7 Å². The molecule has 2 rings (SSSR count). The first-order valence-electron chi connectivity index (χ1n) is 6.62. The van der Waals surface area contributed by atoms with Gasteiger partial charge in [-0.2, -0.15) is 0 Å². The lowest BCUT2D eigenvalue weighted by atomic mass is 10.1. The molecule has 2 fully saturated rings. The molecule has 0 aromatic carbocycles. The predicted octanol–water partition coefficient (Wildman–Crippen LogP) is 1.32. The Hall–Kier alpha value is -0.770. The topological polar surface area (TPSA) is 44.4 Å². The molecule has 4 heteroatoms. The van der Waals surface area contributed by atoms with Gasteiger partial charge in [-0.3, -0.25) is 0 Å². The molecule has 0 bridgehead atoms. The molecular formula is C12H23N3O. The van der Waals surface area contributed by atoms with Gasteiger partial charge in [0.25, 0.3) is 0 Å². The Morgan fingerprint density at radius 3 is 2.75 bits per heavy atom. The number of piperidine rings is 1. The molecule has 4 nitrogen and oxygen atoms in total. The van der Waals surface area contributed by atoms with Crippen molar-refractivity contribution in [1.29, 1.82) is 0 Å². The van der Waals surface area contributed by atoms with E-state index in [0.717, 1.165) is 45.4 Å². The number of likely N-dealkylation sites (tertiary alicyclic amines) is 1. The Kier molecular flexibility index (Phi) is 4.45. The molecule has 16 heavy (non-hydrogen) atoms. The Bertz CT molecular complexity index is 220. The van der Waals surface area contributed by atoms with Crippen LogP contribution >= 0.6 is 0 Å². The lowest BCUT2D eigenvalue weighted by molar-refractivity contribution is 0.186. The van der Waals surface area contributed by atoms with Gasteiger partial charge in [-0.25, -0.2) is 4.79 Å². The molecular weight excluding hydrogens is 202 g/mol. The van der Waals surface area contributed by atoms with Gasteiger partial charge in [-0.1, -0.05) is 0 Å². The van der Waals surface area contributed by atoms with Crippen LogP contribution in [0, 0.1) is 0 Å². The Labute approximate surface area is 97.8 Å². The molecule has 0 unspecified atom stereocenters. The number of hydrogen-bond acceptors (Lipinski definition) is 2. The zero-order valence-corrected chi connectivity index (χ0v) is 10.0. The number of carbonyl (C=O) groups excluding carboxylic acids is 1. The van der Waals surface area contributed by atoms with Crippen molar-refractivity contribution in [3.63, 3.8) is 0 Å². The average Bonchev–Trinajstić information content (AvgIpc) is 2.83. The second kappa shape index (κ2) is 6.09. The predicted molar refractivity (Wildman–Crippen MR) is 64.5 cm³/mol. The maximum Gasteiger partial charge on any atom is 0.317 e. The fourth-order valence-electron chi connectivity index (χ4n) is 2.57. The van der Waals surface area contributed by atoms with E-state index in [1.807, 2.05) is 4.90 Å². The van der Waals surface area contributed by atoms with E-state index >= 15 is 0 Å². The van der Waals surface area contributed by atoms with Crippen molar-refractivity contribution >= 4 is 6.03 Å². The van der Waals surface area contributed by atoms with Gasteiger partial charge < -0.3 is 15.5 Å². The van der Waals surface area contributed by atoms with Crippen LogP contribution in [0.4, 0.5) is 4.79 Å². The van der Waals surface area contributed by atoms with E-state index in [-0.39, 0.29) is 6.03 Å². The first-order valence-corrected chi connectivity index (χ1v) is 6.62. The van der Waals surface area contributed by atoms with Gasteiger partial charge in [0.05, 0.1) is 0 Å². The van der Waals surface area contributed by atoms with E-state index < -0.39 is 0 Å². The summed E-state index contributed by atoms with van der Waals surface area (Å²) in [5.74, 6) is 0. The number of amides is 2. The third-order valence-corrected chi connectivity index (χ3v) is 3.57. The zero-order valence-electron chi connectivity index (χ0n) is 10.0. The first kappa shape index (κ1) is 11.7. The Balaban J connectivity index is 1.59. The summed E-state index contributed by atoms with van der Waals surface area (Å²) in [6.07, 6.45) is 7.22. The van der Waals surface area contributed by atoms with Crippen LogP contribution in [0.3, 0.4) is 0 Å². The number of hydrogen-bond donors (Lipinski definition) is 2. The second-order valence-electron chi connectivity index (χ2n) is 4.86. The maximum atomic E-state index is 11.8. The lowest BCUT2D eigenvalue weighted by Gasteiger charge is -2.27. The molecule has 0 spiro atoms. The van der Waals surface area contributed by atoms with Crippen molar-refractivity contribution in [3.8, 4) is 0 Å². The largest absolute Gasteiger partial charge is 0.338 e. The average molecular weight is 225 g/mol. The zero-order chi connectivity index (χ0) is 11.2. The number of nitrogens with zero attached hydrogens (tertiary/aromatic N) is 1. The number of rotatable bonds is 3. The Morgan fingerprint density at radius 2 is 2.06 bits per heavy atom. The number of nitrogens with one attached hydrogen (secondary N) is 2. The van der Waals surface area contributed by atoms with Gasteiger partial charge in [0.15, 0.2) is 0 Å². The molecule has 2 N–H and O–H groups in total. The molecule has 2 amide bonds. The summed E-state index contributed by atoms with van der Waals surface area (Å²) >= 11 is 0. The SMILES string of the molecule is O=C(NCC[C@H]1CCCN1)N1CCCCC1. The molecule has 1 atom stereocenters. The minimum absolute atomic E-state index is 0.137.